The smallest absolute Gasteiger partial charge is 0.0835 e. The molecule has 1 aromatic carbocycles. The van der Waals surface area contributed by atoms with Crippen LogP contribution in [0.15, 0.2) is 24.3 Å². The predicted octanol–water partition coefficient (Wildman–Crippen LogP) is 4.25. The summed E-state index contributed by atoms with van der Waals surface area (Å²) < 4.78 is 1.96. The Bertz CT molecular complexity index is 604. The number of hydrogen-bond donors (Lipinski definition) is 1. The third-order valence-corrected chi connectivity index (χ3v) is 4.12. The van der Waals surface area contributed by atoms with Crippen molar-refractivity contribution in [3.63, 3.8) is 0 Å². The molecule has 0 aliphatic rings. The summed E-state index contributed by atoms with van der Waals surface area (Å²) >= 11 is 6.30. The van der Waals surface area contributed by atoms with Gasteiger partial charge in [0.2, 0.25) is 0 Å². The van der Waals surface area contributed by atoms with Crippen LogP contribution in [0.25, 0.3) is 5.69 Å². The van der Waals surface area contributed by atoms with Gasteiger partial charge in [-0.3, -0.25) is 0 Å². The number of halogens is 1. The first-order valence-electron chi connectivity index (χ1n) is 7.58. The normalized spacial score (nSPS) is 12.6. The number of aromatic nitrogens is 2. The van der Waals surface area contributed by atoms with Gasteiger partial charge in [0.15, 0.2) is 0 Å². The molecule has 1 aromatic heterocycles. The Kier molecular flexibility index (Phi) is 5.43. The first-order valence-corrected chi connectivity index (χ1v) is 7.95. The fourth-order valence-electron chi connectivity index (χ4n) is 2.82. The van der Waals surface area contributed by atoms with Crippen LogP contribution in [0.4, 0.5) is 0 Å². The summed E-state index contributed by atoms with van der Waals surface area (Å²) in [5.41, 5.74) is 4.52. The summed E-state index contributed by atoms with van der Waals surface area (Å²) in [6.45, 7) is 10.7. The van der Waals surface area contributed by atoms with E-state index in [4.69, 9.17) is 16.7 Å². The minimum absolute atomic E-state index is 0.438. The maximum atomic E-state index is 6.30. The molecule has 1 unspecified atom stereocenters. The second kappa shape index (κ2) is 7.10. The largest absolute Gasteiger partial charge is 0.316 e. The summed E-state index contributed by atoms with van der Waals surface area (Å²) in [4.78, 5) is 0. The number of para-hydroxylation sites is 1. The van der Waals surface area contributed by atoms with Gasteiger partial charge in [-0.1, -0.05) is 37.6 Å². The minimum Gasteiger partial charge on any atom is -0.316 e. The third-order valence-electron chi connectivity index (χ3n) is 3.80. The molecule has 0 amide bonds. The van der Waals surface area contributed by atoms with Gasteiger partial charge in [-0.25, -0.2) is 4.68 Å². The topological polar surface area (TPSA) is 29.9 Å². The lowest BCUT2D eigenvalue weighted by atomic mass is 9.99. The van der Waals surface area contributed by atoms with Crippen molar-refractivity contribution in [1.82, 2.24) is 15.1 Å². The molecule has 0 radical (unpaired) electrons. The van der Waals surface area contributed by atoms with Crippen LogP contribution < -0.4 is 5.32 Å². The Morgan fingerprint density at radius 2 is 2.00 bits per heavy atom. The van der Waals surface area contributed by atoms with Crippen molar-refractivity contribution >= 4 is 11.6 Å². The van der Waals surface area contributed by atoms with Crippen molar-refractivity contribution in [1.29, 1.82) is 0 Å². The highest BCUT2D eigenvalue weighted by molar-refractivity contribution is 6.32. The molecule has 1 N–H and O–H groups in total. The Hall–Kier alpha value is -1.32. The monoisotopic (exact) mass is 305 g/mol. The highest BCUT2D eigenvalue weighted by Crippen LogP contribution is 2.27. The summed E-state index contributed by atoms with van der Waals surface area (Å²) in [6.07, 6.45) is 1.16. The second-order valence-electron chi connectivity index (χ2n) is 5.55. The maximum absolute atomic E-state index is 6.30. The quantitative estimate of drug-likeness (QED) is 0.809. The van der Waals surface area contributed by atoms with Crippen molar-refractivity contribution in [2.24, 2.45) is 0 Å². The van der Waals surface area contributed by atoms with Crippen LogP contribution in [0.2, 0.25) is 5.02 Å². The lowest BCUT2D eigenvalue weighted by Crippen LogP contribution is -2.21. The molecule has 4 heteroatoms. The second-order valence-corrected chi connectivity index (χ2v) is 5.96. The highest BCUT2D eigenvalue weighted by atomic mass is 35.5. The van der Waals surface area contributed by atoms with E-state index in [1.165, 1.54) is 11.3 Å². The number of nitrogens with zero attached hydrogens (tertiary/aromatic N) is 2. The molecule has 21 heavy (non-hydrogen) atoms. The van der Waals surface area contributed by atoms with Crippen molar-refractivity contribution in [3.05, 3.63) is 46.2 Å². The van der Waals surface area contributed by atoms with E-state index >= 15 is 0 Å². The Balaban J connectivity index is 2.32. The predicted molar refractivity (Wildman–Crippen MR) is 89.6 cm³/mol. The van der Waals surface area contributed by atoms with Crippen molar-refractivity contribution < 1.29 is 0 Å². The van der Waals surface area contributed by atoms with Gasteiger partial charge in [0, 0.05) is 17.8 Å². The van der Waals surface area contributed by atoms with E-state index in [1.807, 2.05) is 28.9 Å². The van der Waals surface area contributed by atoms with E-state index in [2.05, 4.69) is 33.0 Å². The lowest BCUT2D eigenvalue weighted by Gasteiger charge is -2.14. The van der Waals surface area contributed by atoms with Gasteiger partial charge in [-0.15, -0.1) is 0 Å². The molecule has 2 aromatic rings. The summed E-state index contributed by atoms with van der Waals surface area (Å²) in [6, 6.07) is 7.84. The highest BCUT2D eigenvalue weighted by Gasteiger charge is 2.18. The summed E-state index contributed by atoms with van der Waals surface area (Å²) in [5.74, 6) is 0.438. The van der Waals surface area contributed by atoms with Crippen molar-refractivity contribution in [2.45, 2.75) is 40.0 Å². The summed E-state index contributed by atoms with van der Waals surface area (Å²) in [7, 11) is 0. The standard InChI is InChI=1S/C17H24ClN3/c1-5-10-19-11-12(2)17-13(3)20-21(14(17)4)16-9-7-6-8-15(16)18/h6-9,12,19H,5,10-11H2,1-4H3. The number of rotatable bonds is 6. The first kappa shape index (κ1) is 16.1. The molecule has 0 aliphatic carbocycles. The Labute approximate surface area is 132 Å². The molecule has 2 rings (SSSR count). The van der Waals surface area contributed by atoms with Crippen LogP contribution in [0.3, 0.4) is 0 Å². The minimum atomic E-state index is 0.438. The molecule has 114 valence electrons. The molecule has 3 nitrogen and oxygen atoms in total. The zero-order chi connectivity index (χ0) is 15.4. The van der Waals surface area contributed by atoms with E-state index in [1.54, 1.807) is 0 Å². The third kappa shape index (κ3) is 3.47. The van der Waals surface area contributed by atoms with Gasteiger partial charge < -0.3 is 5.32 Å². The molecular formula is C17H24ClN3. The van der Waals surface area contributed by atoms with E-state index in [9.17, 15) is 0 Å². The van der Waals surface area contributed by atoms with Crippen LogP contribution in [-0.4, -0.2) is 22.9 Å². The fourth-order valence-corrected chi connectivity index (χ4v) is 3.04. The van der Waals surface area contributed by atoms with E-state index in [-0.39, 0.29) is 0 Å². The fraction of sp³-hybridized carbons (Fsp3) is 0.471. The number of aryl methyl sites for hydroxylation is 1. The first-order chi connectivity index (χ1) is 10.1. The van der Waals surface area contributed by atoms with E-state index < -0.39 is 0 Å². The molecule has 1 atom stereocenters. The summed E-state index contributed by atoms with van der Waals surface area (Å²) in [5, 5.41) is 8.91. The van der Waals surface area contributed by atoms with Gasteiger partial charge in [-0.2, -0.15) is 5.10 Å². The molecule has 0 aliphatic heterocycles. The average molecular weight is 306 g/mol. The van der Waals surface area contributed by atoms with Gasteiger partial charge >= 0.3 is 0 Å². The number of nitrogens with one attached hydrogen (secondary N) is 1. The molecule has 0 saturated carbocycles. The van der Waals surface area contributed by atoms with Gasteiger partial charge in [0.05, 0.1) is 16.4 Å². The lowest BCUT2D eigenvalue weighted by molar-refractivity contribution is 0.605. The van der Waals surface area contributed by atoms with Crippen LogP contribution in [0, 0.1) is 13.8 Å². The van der Waals surface area contributed by atoms with E-state index in [0.29, 0.717) is 5.92 Å². The molecule has 0 saturated heterocycles. The van der Waals surface area contributed by atoms with Crippen LogP contribution in [0.1, 0.15) is 43.1 Å². The van der Waals surface area contributed by atoms with Crippen LogP contribution in [-0.2, 0) is 0 Å². The Morgan fingerprint density at radius 1 is 1.29 bits per heavy atom. The molecule has 0 fully saturated rings. The SMILES string of the molecule is CCCNCC(C)c1c(C)nn(-c2ccccc2Cl)c1C. The zero-order valence-corrected chi connectivity index (χ0v) is 14.0. The van der Waals surface area contributed by atoms with Crippen LogP contribution >= 0.6 is 11.6 Å². The molecule has 1 heterocycles. The molecule has 0 bridgehead atoms. The van der Waals surface area contributed by atoms with Gasteiger partial charge in [-0.05, 0) is 44.9 Å². The molecular weight excluding hydrogens is 282 g/mol. The van der Waals surface area contributed by atoms with Gasteiger partial charge in [0.25, 0.3) is 0 Å². The number of hydrogen-bond acceptors (Lipinski definition) is 2. The van der Waals surface area contributed by atoms with E-state index in [0.717, 1.165) is 35.9 Å². The van der Waals surface area contributed by atoms with Gasteiger partial charge in [0.1, 0.15) is 0 Å². The van der Waals surface area contributed by atoms with Crippen molar-refractivity contribution in [2.75, 3.05) is 13.1 Å². The maximum Gasteiger partial charge on any atom is 0.0835 e. The van der Waals surface area contributed by atoms with Crippen molar-refractivity contribution in [3.8, 4) is 5.69 Å². The Morgan fingerprint density at radius 3 is 2.67 bits per heavy atom. The average Bonchev–Trinajstić information content (AvgIpc) is 2.74. The van der Waals surface area contributed by atoms with Crippen LogP contribution in [0.5, 0.6) is 0 Å². The zero-order valence-electron chi connectivity index (χ0n) is 13.3. The molecule has 0 spiro atoms. The number of benzene rings is 1.